The average molecular weight is 399 g/mol. The summed E-state index contributed by atoms with van der Waals surface area (Å²) >= 11 is 0. The molecule has 2 aliphatic heterocycles. The van der Waals surface area contributed by atoms with Crippen molar-refractivity contribution in [1.29, 1.82) is 0 Å². The number of likely N-dealkylation sites (tertiary alicyclic amines) is 1. The molecule has 2 fully saturated rings. The molecule has 2 aliphatic rings. The van der Waals surface area contributed by atoms with Crippen LogP contribution in [0.5, 0.6) is 0 Å². The van der Waals surface area contributed by atoms with E-state index in [0.717, 1.165) is 32.3 Å². The van der Waals surface area contributed by atoms with E-state index >= 15 is 0 Å². The standard InChI is InChI=1S/C19H34N4O5/c1-19(2,3)28-18(26)20-6-13-27-16-4-7-21(8-5-16)14-17(25)23-11-9-22(15-24)10-12-23/h15-16H,4-14H2,1-3H3,(H,20,26). The average Bonchev–Trinajstić information content (AvgIpc) is 2.65. The molecule has 2 saturated heterocycles. The molecule has 0 spiro atoms. The van der Waals surface area contributed by atoms with Gasteiger partial charge >= 0.3 is 6.09 Å². The number of nitrogens with zero attached hydrogens (tertiary/aromatic N) is 3. The Balaban J connectivity index is 1.56. The molecule has 0 aromatic heterocycles. The minimum atomic E-state index is -0.503. The Hall–Kier alpha value is -1.87. The quantitative estimate of drug-likeness (QED) is 0.490. The fourth-order valence-electron chi connectivity index (χ4n) is 3.29. The summed E-state index contributed by atoms with van der Waals surface area (Å²) in [6.45, 7) is 10.9. The highest BCUT2D eigenvalue weighted by molar-refractivity contribution is 5.78. The summed E-state index contributed by atoms with van der Waals surface area (Å²) in [6, 6.07) is 0. The topological polar surface area (TPSA) is 91.4 Å². The van der Waals surface area contributed by atoms with Gasteiger partial charge in [0.15, 0.2) is 0 Å². The Kier molecular flexibility index (Phi) is 8.50. The molecule has 0 aromatic carbocycles. The predicted octanol–water partition coefficient (Wildman–Crippen LogP) is 0.293. The molecule has 0 aliphatic carbocycles. The number of hydrogen-bond acceptors (Lipinski definition) is 6. The van der Waals surface area contributed by atoms with Crippen molar-refractivity contribution in [2.24, 2.45) is 0 Å². The van der Waals surface area contributed by atoms with Crippen LogP contribution in [0.1, 0.15) is 33.6 Å². The van der Waals surface area contributed by atoms with Crippen LogP contribution in [-0.4, -0.2) is 104 Å². The lowest BCUT2D eigenvalue weighted by Gasteiger charge is -2.36. The van der Waals surface area contributed by atoms with Gasteiger partial charge < -0.3 is 24.6 Å². The van der Waals surface area contributed by atoms with Crippen LogP contribution >= 0.6 is 0 Å². The van der Waals surface area contributed by atoms with Gasteiger partial charge in [-0.1, -0.05) is 0 Å². The van der Waals surface area contributed by atoms with Crippen LogP contribution < -0.4 is 5.32 Å². The molecule has 1 N–H and O–H groups in total. The monoisotopic (exact) mass is 398 g/mol. The lowest BCUT2D eigenvalue weighted by Crippen LogP contribution is -2.51. The number of carbonyl (C=O) groups excluding carboxylic acids is 3. The maximum absolute atomic E-state index is 12.4. The Labute approximate surface area is 167 Å². The first kappa shape index (κ1) is 22.4. The summed E-state index contributed by atoms with van der Waals surface area (Å²) in [5.74, 6) is 0.131. The van der Waals surface area contributed by atoms with Gasteiger partial charge in [-0.15, -0.1) is 0 Å². The van der Waals surface area contributed by atoms with Crippen molar-refractivity contribution in [1.82, 2.24) is 20.0 Å². The second kappa shape index (κ2) is 10.6. The summed E-state index contributed by atoms with van der Waals surface area (Å²) in [5, 5.41) is 2.69. The Morgan fingerprint density at radius 1 is 1.07 bits per heavy atom. The van der Waals surface area contributed by atoms with Gasteiger partial charge in [0, 0.05) is 45.8 Å². The molecule has 0 saturated carbocycles. The van der Waals surface area contributed by atoms with Crippen molar-refractivity contribution >= 4 is 18.4 Å². The molecular formula is C19H34N4O5. The highest BCUT2D eigenvalue weighted by Crippen LogP contribution is 2.14. The highest BCUT2D eigenvalue weighted by atomic mass is 16.6. The van der Waals surface area contributed by atoms with Crippen LogP contribution in [0.3, 0.4) is 0 Å². The van der Waals surface area contributed by atoms with E-state index in [-0.39, 0.29) is 12.0 Å². The molecule has 0 unspecified atom stereocenters. The van der Waals surface area contributed by atoms with Crippen LogP contribution in [0.4, 0.5) is 4.79 Å². The van der Waals surface area contributed by atoms with Crippen molar-refractivity contribution in [2.75, 3.05) is 59.0 Å². The third kappa shape index (κ3) is 8.02. The molecular weight excluding hydrogens is 364 g/mol. The maximum atomic E-state index is 12.4. The molecule has 160 valence electrons. The molecule has 9 heteroatoms. The third-order valence-corrected chi connectivity index (χ3v) is 4.83. The van der Waals surface area contributed by atoms with E-state index < -0.39 is 11.7 Å². The molecule has 0 atom stereocenters. The van der Waals surface area contributed by atoms with Gasteiger partial charge in [0.25, 0.3) is 0 Å². The number of alkyl carbamates (subject to hydrolysis) is 1. The number of ether oxygens (including phenoxy) is 2. The number of amides is 3. The molecule has 28 heavy (non-hydrogen) atoms. The zero-order valence-electron chi connectivity index (χ0n) is 17.3. The first-order chi connectivity index (χ1) is 13.3. The smallest absolute Gasteiger partial charge is 0.407 e. The Morgan fingerprint density at radius 3 is 2.29 bits per heavy atom. The number of carbonyl (C=O) groups is 3. The normalized spacial score (nSPS) is 19.4. The molecule has 0 bridgehead atoms. The van der Waals surface area contributed by atoms with Crippen LogP contribution in [0, 0.1) is 0 Å². The van der Waals surface area contributed by atoms with Crippen molar-refractivity contribution in [3.8, 4) is 0 Å². The summed E-state index contributed by atoms with van der Waals surface area (Å²) in [7, 11) is 0. The van der Waals surface area contributed by atoms with Gasteiger partial charge in [0.1, 0.15) is 5.60 Å². The van der Waals surface area contributed by atoms with E-state index in [1.807, 2.05) is 25.7 Å². The van der Waals surface area contributed by atoms with Gasteiger partial charge in [-0.05, 0) is 33.6 Å². The van der Waals surface area contributed by atoms with Gasteiger partial charge in [0.2, 0.25) is 12.3 Å². The minimum Gasteiger partial charge on any atom is -0.444 e. The van der Waals surface area contributed by atoms with Crippen molar-refractivity contribution in [3.63, 3.8) is 0 Å². The largest absolute Gasteiger partial charge is 0.444 e. The van der Waals surface area contributed by atoms with Gasteiger partial charge in [-0.3, -0.25) is 14.5 Å². The third-order valence-electron chi connectivity index (χ3n) is 4.83. The van der Waals surface area contributed by atoms with E-state index in [4.69, 9.17) is 9.47 Å². The fraction of sp³-hybridized carbons (Fsp3) is 0.842. The molecule has 0 radical (unpaired) electrons. The number of piperazine rings is 1. The Bertz CT molecular complexity index is 521. The number of nitrogens with one attached hydrogen (secondary N) is 1. The van der Waals surface area contributed by atoms with E-state index in [2.05, 4.69) is 10.2 Å². The molecule has 3 amide bonds. The van der Waals surface area contributed by atoms with Crippen molar-refractivity contribution < 1.29 is 23.9 Å². The van der Waals surface area contributed by atoms with E-state index in [1.165, 1.54) is 0 Å². The zero-order valence-corrected chi connectivity index (χ0v) is 17.3. The van der Waals surface area contributed by atoms with Gasteiger partial charge in [-0.2, -0.15) is 0 Å². The second-order valence-electron chi connectivity index (χ2n) is 8.30. The number of hydrogen-bond donors (Lipinski definition) is 1. The molecule has 2 rings (SSSR count). The van der Waals surface area contributed by atoms with Crippen LogP contribution in [-0.2, 0) is 19.1 Å². The van der Waals surface area contributed by atoms with Crippen molar-refractivity contribution in [3.05, 3.63) is 0 Å². The summed E-state index contributed by atoms with van der Waals surface area (Å²) in [5.41, 5.74) is -0.503. The van der Waals surface area contributed by atoms with Crippen LogP contribution in [0.15, 0.2) is 0 Å². The Morgan fingerprint density at radius 2 is 1.71 bits per heavy atom. The minimum absolute atomic E-state index is 0.131. The van der Waals surface area contributed by atoms with Crippen molar-refractivity contribution in [2.45, 2.75) is 45.3 Å². The van der Waals surface area contributed by atoms with E-state index in [9.17, 15) is 14.4 Å². The second-order valence-corrected chi connectivity index (χ2v) is 8.30. The highest BCUT2D eigenvalue weighted by Gasteiger charge is 2.25. The molecule has 9 nitrogen and oxygen atoms in total. The van der Waals surface area contributed by atoms with Gasteiger partial charge in [0.05, 0.1) is 19.3 Å². The van der Waals surface area contributed by atoms with E-state index in [1.54, 1.807) is 4.90 Å². The first-order valence-corrected chi connectivity index (χ1v) is 10.0. The van der Waals surface area contributed by atoms with Gasteiger partial charge in [-0.25, -0.2) is 4.79 Å². The fourth-order valence-corrected chi connectivity index (χ4v) is 3.29. The molecule has 2 heterocycles. The number of piperidine rings is 1. The first-order valence-electron chi connectivity index (χ1n) is 10.0. The predicted molar refractivity (Wildman–Crippen MR) is 104 cm³/mol. The summed E-state index contributed by atoms with van der Waals surface area (Å²) < 4.78 is 11.0. The van der Waals surface area contributed by atoms with Crippen LogP contribution in [0.2, 0.25) is 0 Å². The zero-order chi connectivity index (χ0) is 20.6. The maximum Gasteiger partial charge on any atom is 0.407 e. The van der Waals surface area contributed by atoms with E-state index in [0.29, 0.717) is 45.9 Å². The van der Waals surface area contributed by atoms with Crippen LogP contribution in [0.25, 0.3) is 0 Å². The lowest BCUT2D eigenvalue weighted by molar-refractivity contribution is -0.136. The summed E-state index contributed by atoms with van der Waals surface area (Å²) in [4.78, 5) is 40.4. The summed E-state index contributed by atoms with van der Waals surface area (Å²) in [6.07, 6.45) is 2.31. The molecule has 0 aromatic rings. The lowest BCUT2D eigenvalue weighted by atomic mass is 10.1. The SMILES string of the molecule is CC(C)(C)OC(=O)NCCOC1CCN(CC(=O)N2CCN(C=O)CC2)CC1. The number of rotatable bonds is 7.